The maximum Gasteiger partial charge on any atom is 0.343 e. The number of benzene rings is 2. The van der Waals surface area contributed by atoms with E-state index in [9.17, 15) is 14.9 Å². The van der Waals surface area contributed by atoms with E-state index in [4.69, 9.17) is 19.3 Å². The van der Waals surface area contributed by atoms with Crippen molar-refractivity contribution in [1.29, 1.82) is 5.26 Å². The smallest absolute Gasteiger partial charge is 0.343 e. The zero-order valence-electron chi connectivity index (χ0n) is 19.6. The summed E-state index contributed by atoms with van der Waals surface area (Å²) in [5.74, 6) is 1.08. The molecule has 0 spiro atoms. The van der Waals surface area contributed by atoms with Gasteiger partial charge >= 0.3 is 5.97 Å². The summed E-state index contributed by atoms with van der Waals surface area (Å²) < 4.78 is 17.0. The van der Waals surface area contributed by atoms with Gasteiger partial charge in [-0.05, 0) is 51.0 Å². The molecule has 0 atom stereocenters. The number of aromatic nitrogens is 1. The van der Waals surface area contributed by atoms with Gasteiger partial charge in [0.2, 0.25) is 0 Å². The summed E-state index contributed by atoms with van der Waals surface area (Å²) in [4.78, 5) is 25.2. The largest absolute Gasteiger partial charge is 0.493 e. The van der Waals surface area contributed by atoms with Crippen molar-refractivity contribution < 1.29 is 23.7 Å². The number of hydrogen-bond acceptors (Lipinski definition) is 9. The number of nitro groups is 1. The lowest BCUT2D eigenvalue weighted by atomic mass is 10.1. The summed E-state index contributed by atoms with van der Waals surface area (Å²) in [6.07, 6.45) is 1.89. The molecule has 0 radical (unpaired) electrons. The van der Waals surface area contributed by atoms with E-state index in [1.165, 1.54) is 24.3 Å². The van der Waals surface area contributed by atoms with Crippen LogP contribution in [0.1, 0.15) is 43.5 Å². The Balaban J connectivity index is 1.87. The van der Waals surface area contributed by atoms with E-state index in [0.717, 1.165) is 19.5 Å². The van der Waals surface area contributed by atoms with Gasteiger partial charge in [-0.1, -0.05) is 5.16 Å². The number of carbonyl (C=O) groups is 1. The highest BCUT2D eigenvalue weighted by Crippen LogP contribution is 2.36. The number of nitro benzene ring substituents is 1. The van der Waals surface area contributed by atoms with Crippen LogP contribution in [0.5, 0.6) is 11.5 Å². The van der Waals surface area contributed by atoms with Crippen molar-refractivity contribution in [2.75, 3.05) is 24.6 Å². The predicted octanol–water partition coefficient (Wildman–Crippen LogP) is 5.39. The van der Waals surface area contributed by atoms with Crippen molar-refractivity contribution in [2.45, 2.75) is 33.1 Å². The molecule has 1 heterocycles. The molecule has 3 aromatic rings. The van der Waals surface area contributed by atoms with Crippen molar-refractivity contribution in [2.24, 2.45) is 0 Å². The zero-order valence-corrected chi connectivity index (χ0v) is 19.6. The molecule has 0 bridgehead atoms. The van der Waals surface area contributed by atoms with Crippen molar-refractivity contribution in [3.8, 4) is 28.9 Å². The fourth-order valence-electron chi connectivity index (χ4n) is 3.34. The highest BCUT2D eigenvalue weighted by Gasteiger charge is 2.19. The zero-order chi connectivity index (χ0) is 25.2. The second-order valence-electron chi connectivity index (χ2n) is 7.54. The third kappa shape index (κ3) is 6.57. The molecule has 0 N–H and O–H groups in total. The molecule has 3 rings (SSSR count). The number of hydrogen-bond donors (Lipinski definition) is 0. The van der Waals surface area contributed by atoms with Gasteiger partial charge in [0.1, 0.15) is 11.5 Å². The summed E-state index contributed by atoms with van der Waals surface area (Å²) in [5.41, 5.74) is 0.536. The highest BCUT2D eigenvalue weighted by atomic mass is 16.6. The quantitative estimate of drug-likeness (QED) is 0.110. The number of nitriles is 1. The number of non-ortho nitro benzene ring substituents is 1. The second kappa shape index (κ2) is 12.2. The number of anilines is 1. The first-order chi connectivity index (χ1) is 17.0. The van der Waals surface area contributed by atoms with Gasteiger partial charge in [-0.2, -0.15) is 5.26 Å². The first kappa shape index (κ1) is 25.2. The van der Waals surface area contributed by atoms with Crippen LogP contribution in [0.3, 0.4) is 0 Å². The maximum absolute atomic E-state index is 12.8. The van der Waals surface area contributed by atoms with Crippen LogP contribution >= 0.6 is 0 Å². The van der Waals surface area contributed by atoms with Crippen LogP contribution in [0.4, 0.5) is 11.5 Å². The van der Waals surface area contributed by atoms with Crippen LogP contribution in [-0.2, 0) is 0 Å². The Bertz CT molecular complexity index is 1200. The molecule has 10 nitrogen and oxygen atoms in total. The van der Waals surface area contributed by atoms with E-state index in [0.29, 0.717) is 42.3 Å². The summed E-state index contributed by atoms with van der Waals surface area (Å²) in [7, 11) is 0. The maximum atomic E-state index is 12.8. The van der Waals surface area contributed by atoms with E-state index in [-0.39, 0.29) is 17.0 Å². The summed E-state index contributed by atoms with van der Waals surface area (Å²) in [5, 5.41) is 23.7. The SMILES string of the molecule is CCN(CC)c1cc(-c2ccc(OCCCCC#N)cc2OC(=O)c2ccc([N+](=O)[O-])cc2)on1. The summed E-state index contributed by atoms with van der Waals surface area (Å²) >= 11 is 0. The first-order valence-electron chi connectivity index (χ1n) is 11.3. The molecule has 0 unspecified atom stereocenters. The Labute approximate surface area is 202 Å². The number of carbonyl (C=O) groups excluding carboxylic acids is 1. The molecule has 35 heavy (non-hydrogen) atoms. The predicted molar refractivity (Wildman–Crippen MR) is 129 cm³/mol. The molecular weight excluding hydrogens is 452 g/mol. The molecule has 0 saturated heterocycles. The third-order valence-electron chi connectivity index (χ3n) is 5.27. The van der Waals surface area contributed by atoms with Crippen molar-refractivity contribution in [3.63, 3.8) is 0 Å². The molecule has 0 fully saturated rings. The van der Waals surface area contributed by atoms with E-state index >= 15 is 0 Å². The molecule has 182 valence electrons. The summed E-state index contributed by atoms with van der Waals surface area (Å²) in [6.45, 7) is 5.94. The minimum Gasteiger partial charge on any atom is -0.493 e. The fraction of sp³-hybridized carbons (Fsp3) is 0.320. The minimum absolute atomic E-state index is 0.125. The number of unbranched alkanes of at least 4 members (excludes halogenated alkanes) is 2. The first-order valence-corrected chi connectivity index (χ1v) is 11.3. The van der Waals surface area contributed by atoms with Crippen LogP contribution < -0.4 is 14.4 Å². The second-order valence-corrected chi connectivity index (χ2v) is 7.54. The van der Waals surface area contributed by atoms with Crippen molar-refractivity contribution in [1.82, 2.24) is 5.16 Å². The van der Waals surface area contributed by atoms with E-state index in [2.05, 4.69) is 11.2 Å². The minimum atomic E-state index is -0.684. The van der Waals surface area contributed by atoms with E-state index < -0.39 is 10.9 Å². The molecular formula is C25H26N4O6. The van der Waals surface area contributed by atoms with E-state index in [1.807, 2.05) is 18.7 Å². The molecule has 0 aliphatic carbocycles. The average molecular weight is 479 g/mol. The van der Waals surface area contributed by atoms with E-state index in [1.54, 1.807) is 24.3 Å². The van der Waals surface area contributed by atoms with Crippen LogP contribution in [0, 0.1) is 21.4 Å². The molecule has 0 amide bonds. The molecule has 0 saturated carbocycles. The number of ether oxygens (including phenoxy) is 2. The highest BCUT2D eigenvalue weighted by molar-refractivity contribution is 5.92. The van der Waals surface area contributed by atoms with Crippen LogP contribution in [0.25, 0.3) is 11.3 Å². The van der Waals surface area contributed by atoms with Gasteiger partial charge in [-0.25, -0.2) is 4.79 Å². The van der Waals surface area contributed by atoms with Gasteiger partial charge < -0.3 is 18.9 Å². The molecule has 1 aromatic heterocycles. The standard InChI is InChI=1S/C25H26N4O6/c1-3-28(4-2)24-17-23(35-27-24)21-13-12-20(33-15-7-5-6-14-26)16-22(21)34-25(30)18-8-10-19(11-9-18)29(31)32/h8-13,16-17H,3-7,15H2,1-2H3. The Morgan fingerprint density at radius 3 is 2.54 bits per heavy atom. The Kier molecular flexibility index (Phi) is 8.78. The average Bonchev–Trinajstić information content (AvgIpc) is 3.34. The lowest BCUT2D eigenvalue weighted by Crippen LogP contribution is -2.21. The summed E-state index contributed by atoms with van der Waals surface area (Å²) in [6, 6.07) is 14.1. The Morgan fingerprint density at radius 1 is 1.14 bits per heavy atom. The molecule has 0 aliphatic rings. The number of nitrogens with zero attached hydrogens (tertiary/aromatic N) is 4. The van der Waals surface area contributed by atoms with Crippen molar-refractivity contribution >= 4 is 17.5 Å². The topological polar surface area (TPSA) is 132 Å². The van der Waals surface area contributed by atoms with Crippen molar-refractivity contribution in [3.05, 3.63) is 64.2 Å². The van der Waals surface area contributed by atoms with Gasteiger partial charge in [0.05, 0.1) is 28.7 Å². The molecule has 0 aliphatic heterocycles. The van der Waals surface area contributed by atoms with Gasteiger partial charge in [0.15, 0.2) is 11.6 Å². The van der Waals surface area contributed by atoms with Gasteiger partial charge in [-0.3, -0.25) is 10.1 Å². The number of esters is 1. The fourth-order valence-corrected chi connectivity index (χ4v) is 3.34. The molecule has 10 heteroatoms. The van der Waals surface area contributed by atoms with Crippen LogP contribution in [-0.4, -0.2) is 35.7 Å². The Morgan fingerprint density at radius 2 is 1.89 bits per heavy atom. The van der Waals surface area contributed by atoms with Crippen LogP contribution in [0.2, 0.25) is 0 Å². The molecule has 2 aromatic carbocycles. The lowest BCUT2D eigenvalue weighted by molar-refractivity contribution is -0.384. The number of rotatable bonds is 12. The lowest BCUT2D eigenvalue weighted by Gasteiger charge is -2.15. The van der Waals surface area contributed by atoms with Crippen LogP contribution in [0.15, 0.2) is 53.1 Å². The Hall–Kier alpha value is -4.39. The third-order valence-corrected chi connectivity index (χ3v) is 5.27. The van der Waals surface area contributed by atoms with Gasteiger partial charge in [0.25, 0.3) is 5.69 Å². The normalized spacial score (nSPS) is 10.4. The monoisotopic (exact) mass is 478 g/mol. The van der Waals surface area contributed by atoms with Gasteiger partial charge in [0, 0.05) is 43.8 Å². The van der Waals surface area contributed by atoms with Gasteiger partial charge in [-0.15, -0.1) is 0 Å².